The molecule has 4 fully saturated rings. The van der Waals surface area contributed by atoms with E-state index >= 15 is 0 Å². The van der Waals surface area contributed by atoms with Crippen LogP contribution in [0.5, 0.6) is 0 Å². The van der Waals surface area contributed by atoms with E-state index in [0.717, 1.165) is 17.8 Å². The van der Waals surface area contributed by atoms with E-state index in [2.05, 4.69) is 0 Å². The Morgan fingerprint density at radius 1 is 0.733 bits per heavy atom. The van der Waals surface area contributed by atoms with Crippen molar-refractivity contribution in [1.29, 1.82) is 0 Å². The molecular formula is C10H15BF4-. The van der Waals surface area contributed by atoms with Crippen LogP contribution in [0.2, 0.25) is 0 Å². The average Bonchev–Trinajstić information content (AvgIpc) is 1.96. The topological polar surface area (TPSA) is 0 Å². The molecule has 4 aliphatic carbocycles. The summed E-state index contributed by atoms with van der Waals surface area (Å²) in [6, 6.07) is 0. The van der Waals surface area contributed by atoms with Crippen molar-refractivity contribution < 1.29 is 17.3 Å². The molecule has 0 spiro atoms. The Labute approximate surface area is 87.5 Å². The van der Waals surface area contributed by atoms with Crippen molar-refractivity contribution in [2.45, 2.75) is 38.5 Å². The molecule has 0 heterocycles. The lowest BCUT2D eigenvalue weighted by molar-refractivity contribution is 0.0920. The second kappa shape index (κ2) is 3.98. The molecule has 0 nitrogen and oxygen atoms in total. The summed E-state index contributed by atoms with van der Waals surface area (Å²) in [5, 5.41) is 0. The van der Waals surface area contributed by atoms with Crippen LogP contribution in [0.15, 0.2) is 0 Å². The zero-order valence-electron chi connectivity index (χ0n) is 8.56. The lowest BCUT2D eigenvalue weighted by Gasteiger charge is -2.49. The third kappa shape index (κ3) is 3.38. The monoisotopic (exact) mass is 222 g/mol. The van der Waals surface area contributed by atoms with Gasteiger partial charge >= 0.3 is 7.25 Å². The normalized spacial score (nSPS) is 38.8. The molecule has 4 saturated carbocycles. The predicted molar refractivity (Wildman–Crippen MR) is 51.6 cm³/mol. The highest BCUT2D eigenvalue weighted by Gasteiger charge is 2.42. The van der Waals surface area contributed by atoms with Crippen LogP contribution >= 0.6 is 0 Å². The van der Waals surface area contributed by atoms with Gasteiger partial charge in [0.25, 0.3) is 0 Å². The molecular weight excluding hydrogens is 207 g/mol. The standard InChI is InChI=1S/C10H15.BF4/c1-7-2-9-4-8(1)5-10(3-7)6-9;2-1(3,4)5/h7-9H,1-6H2;/q;-1. The summed E-state index contributed by atoms with van der Waals surface area (Å²) >= 11 is 0. The highest BCUT2D eigenvalue weighted by Crippen LogP contribution is 2.54. The maximum Gasteiger partial charge on any atom is 0.673 e. The first-order valence-electron chi connectivity index (χ1n) is 5.61. The van der Waals surface area contributed by atoms with Gasteiger partial charge in [0, 0.05) is 0 Å². The van der Waals surface area contributed by atoms with Gasteiger partial charge in [0.15, 0.2) is 0 Å². The Hall–Kier alpha value is -0.215. The maximum atomic E-state index is 9.75. The molecule has 4 bridgehead atoms. The van der Waals surface area contributed by atoms with E-state index in [0.29, 0.717) is 0 Å². The molecule has 1 radical (unpaired) electrons. The first-order valence-corrected chi connectivity index (χ1v) is 5.61. The third-order valence-electron chi connectivity index (χ3n) is 3.73. The summed E-state index contributed by atoms with van der Waals surface area (Å²) in [7, 11) is -6.00. The maximum absolute atomic E-state index is 9.75. The van der Waals surface area contributed by atoms with Crippen molar-refractivity contribution in [3.8, 4) is 0 Å². The first-order chi connectivity index (χ1) is 6.90. The third-order valence-corrected chi connectivity index (χ3v) is 3.73. The fraction of sp³-hybridized carbons (Fsp3) is 0.900. The van der Waals surface area contributed by atoms with Gasteiger partial charge < -0.3 is 17.3 Å². The minimum atomic E-state index is -6.00. The number of halogens is 4. The lowest BCUT2D eigenvalue weighted by atomic mass is 9.56. The largest absolute Gasteiger partial charge is 0.673 e. The van der Waals surface area contributed by atoms with Crippen LogP contribution in [-0.4, -0.2) is 7.25 Å². The number of hydrogen-bond acceptors (Lipinski definition) is 0. The molecule has 0 unspecified atom stereocenters. The van der Waals surface area contributed by atoms with Crippen molar-refractivity contribution >= 4 is 7.25 Å². The van der Waals surface area contributed by atoms with E-state index in [-0.39, 0.29) is 0 Å². The first kappa shape index (κ1) is 11.3. The Morgan fingerprint density at radius 3 is 1.20 bits per heavy atom. The Bertz CT molecular complexity index is 163. The molecule has 4 rings (SSSR count). The molecule has 0 aromatic carbocycles. The van der Waals surface area contributed by atoms with Crippen LogP contribution < -0.4 is 0 Å². The van der Waals surface area contributed by atoms with Gasteiger partial charge in [0.05, 0.1) is 0 Å². The fourth-order valence-corrected chi connectivity index (χ4v) is 3.68. The number of hydrogen-bond donors (Lipinski definition) is 0. The molecule has 15 heavy (non-hydrogen) atoms. The molecule has 0 aliphatic heterocycles. The van der Waals surface area contributed by atoms with Crippen molar-refractivity contribution in [3.05, 3.63) is 5.92 Å². The van der Waals surface area contributed by atoms with Crippen LogP contribution in [0.1, 0.15) is 38.5 Å². The van der Waals surface area contributed by atoms with Gasteiger partial charge in [-0.3, -0.25) is 0 Å². The van der Waals surface area contributed by atoms with Gasteiger partial charge in [-0.1, -0.05) is 0 Å². The second-order valence-corrected chi connectivity index (χ2v) is 5.16. The molecule has 4 aliphatic rings. The Balaban J connectivity index is 0.000000149. The van der Waals surface area contributed by atoms with Gasteiger partial charge in [0.1, 0.15) is 0 Å². The smallest absolute Gasteiger partial charge is 0.418 e. The molecule has 0 atom stereocenters. The minimum absolute atomic E-state index is 1.14. The van der Waals surface area contributed by atoms with Gasteiger partial charge in [-0.2, -0.15) is 0 Å². The zero-order valence-corrected chi connectivity index (χ0v) is 8.56. The van der Waals surface area contributed by atoms with Crippen LogP contribution in [0, 0.1) is 23.7 Å². The molecule has 0 amide bonds. The number of rotatable bonds is 0. The Kier molecular flexibility index (Phi) is 2.99. The van der Waals surface area contributed by atoms with Crippen molar-refractivity contribution in [2.24, 2.45) is 17.8 Å². The van der Waals surface area contributed by atoms with Crippen molar-refractivity contribution in [3.63, 3.8) is 0 Å². The summed E-state index contributed by atoms with van der Waals surface area (Å²) < 4.78 is 39.0. The minimum Gasteiger partial charge on any atom is -0.418 e. The van der Waals surface area contributed by atoms with E-state index in [4.69, 9.17) is 0 Å². The fourth-order valence-electron chi connectivity index (χ4n) is 3.68. The zero-order chi connectivity index (χ0) is 11.1. The average molecular weight is 222 g/mol. The van der Waals surface area contributed by atoms with Crippen LogP contribution in [-0.2, 0) is 0 Å². The van der Waals surface area contributed by atoms with Crippen LogP contribution in [0.25, 0.3) is 0 Å². The predicted octanol–water partition coefficient (Wildman–Crippen LogP) is 4.09. The molecule has 87 valence electrons. The summed E-state index contributed by atoms with van der Waals surface area (Å²) in [6.45, 7) is 0. The van der Waals surface area contributed by atoms with E-state index in [1.165, 1.54) is 19.3 Å². The summed E-state index contributed by atoms with van der Waals surface area (Å²) in [4.78, 5) is 0. The SMILES string of the molecule is C1[C]2CC3CC1CC(C2)C3.F[B-](F)(F)F. The van der Waals surface area contributed by atoms with Gasteiger partial charge in [-0.25, -0.2) is 0 Å². The second-order valence-electron chi connectivity index (χ2n) is 5.16. The van der Waals surface area contributed by atoms with Crippen LogP contribution in [0.3, 0.4) is 0 Å². The quantitative estimate of drug-likeness (QED) is 0.427. The summed E-state index contributed by atoms with van der Waals surface area (Å²) in [5.41, 5.74) is 0. The Morgan fingerprint density at radius 2 is 1.00 bits per heavy atom. The van der Waals surface area contributed by atoms with E-state index in [9.17, 15) is 17.3 Å². The molecule has 0 aromatic rings. The van der Waals surface area contributed by atoms with E-state index < -0.39 is 7.25 Å². The highest BCUT2D eigenvalue weighted by atomic mass is 19.5. The summed E-state index contributed by atoms with van der Waals surface area (Å²) in [6.07, 6.45) is 9.31. The van der Waals surface area contributed by atoms with E-state index in [1.54, 1.807) is 19.3 Å². The van der Waals surface area contributed by atoms with Gasteiger partial charge in [0.2, 0.25) is 0 Å². The summed E-state index contributed by atoms with van der Waals surface area (Å²) in [5.74, 6) is 5.35. The lowest BCUT2D eigenvalue weighted by Crippen LogP contribution is -2.37. The van der Waals surface area contributed by atoms with Gasteiger partial charge in [-0.15, -0.1) is 0 Å². The molecule has 0 N–H and O–H groups in total. The van der Waals surface area contributed by atoms with E-state index in [1.807, 2.05) is 5.92 Å². The van der Waals surface area contributed by atoms with Crippen molar-refractivity contribution in [2.75, 3.05) is 0 Å². The molecule has 0 aromatic heterocycles. The van der Waals surface area contributed by atoms with Crippen molar-refractivity contribution in [1.82, 2.24) is 0 Å². The van der Waals surface area contributed by atoms with Crippen LogP contribution in [0.4, 0.5) is 17.3 Å². The molecule has 0 saturated heterocycles. The van der Waals surface area contributed by atoms with Gasteiger partial charge in [-0.05, 0) is 62.2 Å². The molecule has 5 heteroatoms. The highest BCUT2D eigenvalue weighted by molar-refractivity contribution is 6.50.